The maximum absolute atomic E-state index is 12.5. The standard InChI is InChI=1S/C19H29Cl2O3P/c1-14(16-8-10-18(20)19(21)11-16)7-9-17(22)13-25(23,24)12-15-5-3-2-4-6-15/h8,10-11,14-15,17,22H,2-7,9,12-13H2,1H3,(H,23,24)/t14-,17+/m1/s1. The fraction of sp³-hybridized carbons (Fsp3) is 0.684. The Bertz CT molecular complexity index is 602. The molecule has 142 valence electrons. The van der Waals surface area contributed by atoms with Gasteiger partial charge in [-0.2, -0.15) is 0 Å². The van der Waals surface area contributed by atoms with Crippen LogP contribution in [0, 0.1) is 5.92 Å². The van der Waals surface area contributed by atoms with Crippen molar-refractivity contribution >= 4 is 30.6 Å². The molecule has 25 heavy (non-hydrogen) atoms. The van der Waals surface area contributed by atoms with Crippen LogP contribution in [0.5, 0.6) is 0 Å². The van der Waals surface area contributed by atoms with Crippen molar-refractivity contribution < 1.29 is 14.6 Å². The predicted octanol–water partition coefficient (Wildman–Crippen LogP) is 6.09. The van der Waals surface area contributed by atoms with Gasteiger partial charge in [0.25, 0.3) is 0 Å². The van der Waals surface area contributed by atoms with Gasteiger partial charge in [-0.1, -0.05) is 55.5 Å². The normalized spacial score (nSPS) is 20.8. The monoisotopic (exact) mass is 406 g/mol. The lowest BCUT2D eigenvalue weighted by atomic mass is 9.91. The highest BCUT2D eigenvalue weighted by atomic mass is 35.5. The molecular weight excluding hydrogens is 378 g/mol. The Kier molecular flexibility index (Phi) is 8.30. The van der Waals surface area contributed by atoms with E-state index in [-0.39, 0.29) is 12.1 Å². The van der Waals surface area contributed by atoms with Crippen LogP contribution in [0.4, 0.5) is 0 Å². The SMILES string of the molecule is C[C@H](CC[C@H](O)CP(=O)(O)CC1CCCCC1)c1ccc(Cl)c(Cl)c1. The van der Waals surface area contributed by atoms with Gasteiger partial charge in [-0.3, -0.25) is 4.57 Å². The van der Waals surface area contributed by atoms with Crippen LogP contribution in [0.2, 0.25) is 10.0 Å². The van der Waals surface area contributed by atoms with Crippen molar-refractivity contribution in [3.63, 3.8) is 0 Å². The van der Waals surface area contributed by atoms with E-state index in [0.29, 0.717) is 28.5 Å². The van der Waals surface area contributed by atoms with Crippen LogP contribution in [0.25, 0.3) is 0 Å². The van der Waals surface area contributed by atoms with Crippen molar-refractivity contribution in [2.24, 2.45) is 5.92 Å². The number of hydrogen-bond donors (Lipinski definition) is 2. The Morgan fingerprint density at radius 2 is 1.84 bits per heavy atom. The molecule has 0 heterocycles. The highest BCUT2D eigenvalue weighted by Gasteiger charge is 2.28. The lowest BCUT2D eigenvalue weighted by molar-refractivity contribution is 0.178. The first-order valence-corrected chi connectivity index (χ1v) is 12.0. The molecule has 2 rings (SSSR count). The first kappa shape index (κ1) is 21.3. The topological polar surface area (TPSA) is 57.5 Å². The molecular formula is C19H29Cl2O3P. The van der Waals surface area contributed by atoms with Crippen LogP contribution in [-0.2, 0) is 4.57 Å². The van der Waals surface area contributed by atoms with Gasteiger partial charge in [-0.05, 0) is 55.2 Å². The van der Waals surface area contributed by atoms with E-state index in [1.807, 2.05) is 12.1 Å². The molecule has 2 N–H and O–H groups in total. The molecule has 0 bridgehead atoms. The van der Waals surface area contributed by atoms with E-state index in [2.05, 4.69) is 6.92 Å². The molecule has 1 fully saturated rings. The molecule has 1 aliphatic carbocycles. The molecule has 1 unspecified atom stereocenters. The summed E-state index contributed by atoms with van der Waals surface area (Å²) in [6.45, 7) is 2.06. The predicted molar refractivity (Wildman–Crippen MR) is 106 cm³/mol. The Morgan fingerprint density at radius 3 is 2.48 bits per heavy atom. The zero-order valence-corrected chi connectivity index (χ0v) is 17.2. The summed E-state index contributed by atoms with van der Waals surface area (Å²) in [4.78, 5) is 10.2. The van der Waals surface area contributed by atoms with Gasteiger partial charge >= 0.3 is 0 Å². The number of aliphatic hydroxyl groups is 1. The van der Waals surface area contributed by atoms with E-state index in [4.69, 9.17) is 23.2 Å². The van der Waals surface area contributed by atoms with E-state index < -0.39 is 13.5 Å². The molecule has 1 aromatic rings. The van der Waals surface area contributed by atoms with Crippen LogP contribution < -0.4 is 0 Å². The third-order valence-corrected chi connectivity index (χ3v) is 8.03. The largest absolute Gasteiger partial charge is 0.393 e. The molecule has 0 aliphatic heterocycles. The van der Waals surface area contributed by atoms with Crippen molar-refractivity contribution in [2.75, 3.05) is 12.3 Å². The molecule has 1 aliphatic rings. The molecule has 0 spiro atoms. The number of benzene rings is 1. The Labute approximate surface area is 161 Å². The van der Waals surface area contributed by atoms with Crippen LogP contribution in [0.1, 0.15) is 63.4 Å². The van der Waals surface area contributed by atoms with Gasteiger partial charge in [0.15, 0.2) is 0 Å². The molecule has 1 aromatic carbocycles. The van der Waals surface area contributed by atoms with E-state index in [1.54, 1.807) is 6.07 Å². The van der Waals surface area contributed by atoms with Gasteiger partial charge in [0, 0.05) is 6.16 Å². The van der Waals surface area contributed by atoms with E-state index in [0.717, 1.165) is 37.7 Å². The number of aliphatic hydroxyl groups excluding tert-OH is 1. The summed E-state index contributed by atoms with van der Waals surface area (Å²) in [6.07, 6.45) is 6.56. The Morgan fingerprint density at radius 1 is 1.16 bits per heavy atom. The van der Waals surface area contributed by atoms with E-state index >= 15 is 0 Å². The second-order valence-electron chi connectivity index (χ2n) is 7.52. The highest BCUT2D eigenvalue weighted by Crippen LogP contribution is 2.46. The smallest absolute Gasteiger partial charge is 0.203 e. The summed E-state index contributed by atoms with van der Waals surface area (Å²) >= 11 is 12.0. The quantitative estimate of drug-likeness (QED) is 0.513. The van der Waals surface area contributed by atoms with Crippen molar-refractivity contribution in [1.82, 2.24) is 0 Å². The van der Waals surface area contributed by atoms with Crippen molar-refractivity contribution in [3.05, 3.63) is 33.8 Å². The molecule has 0 radical (unpaired) electrons. The van der Waals surface area contributed by atoms with Crippen LogP contribution >= 0.6 is 30.6 Å². The number of halogens is 2. The Hall–Kier alpha value is -0.0500. The van der Waals surface area contributed by atoms with Crippen LogP contribution in [0.3, 0.4) is 0 Å². The van der Waals surface area contributed by atoms with Gasteiger partial charge in [-0.25, -0.2) is 0 Å². The molecule has 1 saturated carbocycles. The minimum Gasteiger partial charge on any atom is -0.393 e. The van der Waals surface area contributed by atoms with Crippen molar-refractivity contribution in [2.45, 2.75) is 63.9 Å². The fourth-order valence-electron chi connectivity index (χ4n) is 3.70. The first-order valence-electron chi connectivity index (χ1n) is 9.20. The van der Waals surface area contributed by atoms with Crippen LogP contribution in [0.15, 0.2) is 18.2 Å². The van der Waals surface area contributed by atoms with Gasteiger partial charge in [0.1, 0.15) is 0 Å². The average molecular weight is 407 g/mol. The second-order valence-corrected chi connectivity index (χ2v) is 10.8. The summed E-state index contributed by atoms with van der Waals surface area (Å²) in [6, 6.07) is 5.56. The van der Waals surface area contributed by atoms with E-state index in [9.17, 15) is 14.6 Å². The third kappa shape index (κ3) is 7.23. The molecule has 6 heteroatoms. The molecule has 3 nitrogen and oxygen atoms in total. The summed E-state index contributed by atoms with van der Waals surface area (Å²) in [5, 5.41) is 11.3. The van der Waals surface area contributed by atoms with E-state index in [1.165, 1.54) is 6.42 Å². The summed E-state index contributed by atoms with van der Waals surface area (Å²) < 4.78 is 12.5. The first-order chi connectivity index (χ1) is 11.8. The van der Waals surface area contributed by atoms with Gasteiger partial charge in [-0.15, -0.1) is 0 Å². The number of rotatable bonds is 8. The Balaban J connectivity index is 1.79. The van der Waals surface area contributed by atoms with Crippen molar-refractivity contribution in [3.8, 4) is 0 Å². The summed E-state index contributed by atoms with van der Waals surface area (Å²) in [7, 11) is -3.25. The lowest BCUT2D eigenvalue weighted by Crippen LogP contribution is -2.18. The molecule has 0 aromatic heterocycles. The number of hydrogen-bond acceptors (Lipinski definition) is 2. The van der Waals surface area contributed by atoms with Gasteiger partial charge in [0.2, 0.25) is 7.37 Å². The fourth-order valence-corrected chi connectivity index (χ4v) is 6.17. The zero-order valence-electron chi connectivity index (χ0n) is 14.8. The average Bonchev–Trinajstić information content (AvgIpc) is 2.55. The third-order valence-electron chi connectivity index (χ3n) is 5.21. The molecule has 3 atom stereocenters. The lowest BCUT2D eigenvalue weighted by Gasteiger charge is -2.25. The summed E-state index contributed by atoms with van der Waals surface area (Å²) in [5.41, 5.74) is 1.07. The highest BCUT2D eigenvalue weighted by molar-refractivity contribution is 7.58. The van der Waals surface area contributed by atoms with Gasteiger partial charge in [0.05, 0.1) is 22.3 Å². The second kappa shape index (κ2) is 9.76. The minimum atomic E-state index is -3.25. The zero-order chi connectivity index (χ0) is 18.4. The van der Waals surface area contributed by atoms with Crippen molar-refractivity contribution in [1.29, 1.82) is 0 Å². The minimum absolute atomic E-state index is 0.0115. The molecule has 0 amide bonds. The maximum atomic E-state index is 12.5. The summed E-state index contributed by atoms with van der Waals surface area (Å²) in [5.74, 6) is 0.563. The molecule has 0 saturated heterocycles. The van der Waals surface area contributed by atoms with Crippen LogP contribution in [-0.4, -0.2) is 28.4 Å². The van der Waals surface area contributed by atoms with Gasteiger partial charge < -0.3 is 10.00 Å². The maximum Gasteiger partial charge on any atom is 0.203 e.